The first-order valence-corrected chi connectivity index (χ1v) is 8.75. The molecule has 1 fully saturated rings. The van der Waals surface area contributed by atoms with Gasteiger partial charge in [0.25, 0.3) is 0 Å². The number of carbonyl (C=O) groups is 1. The molecule has 4 heteroatoms. The van der Waals surface area contributed by atoms with Crippen molar-refractivity contribution < 1.29 is 9.18 Å². The summed E-state index contributed by atoms with van der Waals surface area (Å²) in [5, 5.41) is 3.13. The Morgan fingerprint density at radius 1 is 1.26 bits per heavy atom. The zero-order valence-electron chi connectivity index (χ0n) is 14.6. The summed E-state index contributed by atoms with van der Waals surface area (Å²) in [5.41, 5.74) is 1.10. The molecule has 1 N–H and O–H groups in total. The van der Waals surface area contributed by atoms with Gasteiger partial charge in [-0.2, -0.15) is 0 Å². The van der Waals surface area contributed by atoms with Gasteiger partial charge in [0.05, 0.1) is 0 Å². The third-order valence-electron chi connectivity index (χ3n) is 4.85. The fraction of sp³-hybridized carbons (Fsp3) is 0.632. The standard InChI is InChI=1S/C19H29FN2O/c1-4-22(13-15(2)3)18(23)21-14-19(11-5-6-12-19)16-7-9-17(20)10-8-16/h7-10,15H,4-6,11-14H2,1-3H3,(H,21,23). The minimum absolute atomic E-state index is 0.00888. The maximum Gasteiger partial charge on any atom is 0.317 e. The summed E-state index contributed by atoms with van der Waals surface area (Å²) in [6.07, 6.45) is 4.43. The maximum atomic E-state index is 13.2. The molecule has 0 atom stereocenters. The quantitative estimate of drug-likeness (QED) is 0.831. The predicted octanol–water partition coefficient (Wildman–Crippen LogP) is 4.33. The molecular formula is C19H29FN2O. The highest BCUT2D eigenvalue weighted by atomic mass is 19.1. The average Bonchev–Trinajstić information content (AvgIpc) is 3.01. The monoisotopic (exact) mass is 320 g/mol. The number of hydrogen-bond acceptors (Lipinski definition) is 1. The zero-order chi connectivity index (χ0) is 16.9. The lowest BCUT2D eigenvalue weighted by atomic mass is 9.79. The van der Waals surface area contributed by atoms with Crippen molar-refractivity contribution in [2.24, 2.45) is 5.92 Å². The molecule has 0 spiro atoms. The Balaban J connectivity index is 2.05. The largest absolute Gasteiger partial charge is 0.337 e. The Labute approximate surface area is 139 Å². The molecule has 0 saturated heterocycles. The van der Waals surface area contributed by atoms with Crippen LogP contribution in [0, 0.1) is 11.7 Å². The maximum absolute atomic E-state index is 13.2. The normalized spacial score (nSPS) is 16.6. The lowest BCUT2D eigenvalue weighted by Crippen LogP contribution is -2.46. The topological polar surface area (TPSA) is 32.3 Å². The first kappa shape index (κ1) is 17.8. The molecule has 0 heterocycles. The Hall–Kier alpha value is -1.58. The van der Waals surface area contributed by atoms with E-state index in [1.807, 2.05) is 24.0 Å². The number of urea groups is 1. The number of rotatable bonds is 6. The molecule has 0 bridgehead atoms. The molecular weight excluding hydrogens is 291 g/mol. The van der Waals surface area contributed by atoms with Crippen molar-refractivity contribution in [3.05, 3.63) is 35.6 Å². The number of amides is 2. The first-order valence-electron chi connectivity index (χ1n) is 8.75. The summed E-state index contributed by atoms with van der Waals surface area (Å²) < 4.78 is 13.2. The average molecular weight is 320 g/mol. The van der Waals surface area contributed by atoms with Gasteiger partial charge < -0.3 is 10.2 Å². The molecule has 23 heavy (non-hydrogen) atoms. The number of nitrogens with one attached hydrogen (secondary N) is 1. The highest BCUT2D eigenvalue weighted by molar-refractivity contribution is 5.74. The van der Waals surface area contributed by atoms with Crippen molar-refractivity contribution in [2.75, 3.05) is 19.6 Å². The van der Waals surface area contributed by atoms with Crippen LogP contribution in [0.5, 0.6) is 0 Å². The molecule has 0 aromatic heterocycles. The van der Waals surface area contributed by atoms with Crippen LogP contribution < -0.4 is 5.32 Å². The van der Waals surface area contributed by atoms with E-state index in [0.717, 1.165) is 37.8 Å². The summed E-state index contributed by atoms with van der Waals surface area (Å²) in [6, 6.07) is 6.80. The lowest BCUT2D eigenvalue weighted by Gasteiger charge is -2.32. The van der Waals surface area contributed by atoms with Gasteiger partial charge in [0, 0.05) is 25.0 Å². The predicted molar refractivity (Wildman–Crippen MR) is 92.0 cm³/mol. The van der Waals surface area contributed by atoms with E-state index in [0.29, 0.717) is 19.0 Å². The van der Waals surface area contributed by atoms with Crippen molar-refractivity contribution >= 4 is 6.03 Å². The number of nitrogens with zero attached hydrogens (tertiary/aromatic N) is 1. The van der Waals surface area contributed by atoms with Crippen LogP contribution in [0.4, 0.5) is 9.18 Å². The minimum Gasteiger partial charge on any atom is -0.337 e. The lowest BCUT2D eigenvalue weighted by molar-refractivity contribution is 0.190. The molecule has 1 aliphatic rings. The van der Waals surface area contributed by atoms with Gasteiger partial charge in [0.2, 0.25) is 0 Å². The Morgan fingerprint density at radius 3 is 2.39 bits per heavy atom. The summed E-state index contributed by atoms with van der Waals surface area (Å²) in [6.45, 7) is 8.36. The van der Waals surface area contributed by atoms with Crippen LogP contribution >= 0.6 is 0 Å². The fourth-order valence-electron chi connectivity index (χ4n) is 3.58. The van der Waals surface area contributed by atoms with Crippen LogP contribution in [0.15, 0.2) is 24.3 Å². The van der Waals surface area contributed by atoms with E-state index >= 15 is 0 Å². The van der Waals surface area contributed by atoms with E-state index in [2.05, 4.69) is 19.2 Å². The van der Waals surface area contributed by atoms with Crippen molar-refractivity contribution in [2.45, 2.75) is 51.9 Å². The van der Waals surface area contributed by atoms with Gasteiger partial charge in [-0.25, -0.2) is 9.18 Å². The van der Waals surface area contributed by atoms with E-state index in [9.17, 15) is 9.18 Å². The fourth-order valence-corrected chi connectivity index (χ4v) is 3.58. The summed E-state index contributed by atoms with van der Waals surface area (Å²) in [7, 11) is 0. The molecule has 0 radical (unpaired) electrons. The second-order valence-corrected chi connectivity index (χ2v) is 7.09. The molecule has 0 aliphatic heterocycles. The molecule has 128 valence electrons. The number of benzene rings is 1. The smallest absolute Gasteiger partial charge is 0.317 e. The molecule has 1 aromatic carbocycles. The third kappa shape index (κ3) is 4.46. The van der Waals surface area contributed by atoms with Crippen molar-refractivity contribution in [3.63, 3.8) is 0 Å². The first-order chi connectivity index (χ1) is 11.0. The highest BCUT2D eigenvalue weighted by Gasteiger charge is 2.36. The van der Waals surface area contributed by atoms with Gasteiger partial charge in [-0.15, -0.1) is 0 Å². The SMILES string of the molecule is CCN(CC(C)C)C(=O)NCC1(c2ccc(F)cc2)CCCC1. The zero-order valence-corrected chi connectivity index (χ0v) is 14.6. The molecule has 2 amide bonds. The molecule has 1 saturated carbocycles. The molecule has 1 aromatic rings. The van der Waals surface area contributed by atoms with E-state index in [1.165, 1.54) is 12.1 Å². The Kier molecular flexibility index (Phi) is 6.03. The van der Waals surface area contributed by atoms with Crippen molar-refractivity contribution in [3.8, 4) is 0 Å². The van der Waals surface area contributed by atoms with Crippen molar-refractivity contribution in [1.29, 1.82) is 0 Å². The van der Waals surface area contributed by atoms with E-state index < -0.39 is 0 Å². The van der Waals surface area contributed by atoms with Crippen LogP contribution in [0.25, 0.3) is 0 Å². The van der Waals surface area contributed by atoms with Gasteiger partial charge in [0.15, 0.2) is 0 Å². The molecule has 3 nitrogen and oxygen atoms in total. The number of halogens is 1. The number of carbonyl (C=O) groups excluding carboxylic acids is 1. The Morgan fingerprint density at radius 2 is 1.87 bits per heavy atom. The molecule has 1 aliphatic carbocycles. The third-order valence-corrected chi connectivity index (χ3v) is 4.85. The van der Waals surface area contributed by atoms with Gasteiger partial charge in [-0.3, -0.25) is 0 Å². The van der Waals surface area contributed by atoms with Crippen LogP contribution in [0.1, 0.15) is 52.0 Å². The van der Waals surface area contributed by atoms with Gasteiger partial charge in [0.1, 0.15) is 5.82 Å². The van der Waals surface area contributed by atoms with Crippen molar-refractivity contribution in [1.82, 2.24) is 10.2 Å². The van der Waals surface area contributed by atoms with Crippen LogP contribution in [0.2, 0.25) is 0 Å². The molecule has 2 rings (SSSR count). The van der Waals surface area contributed by atoms with Gasteiger partial charge in [-0.1, -0.05) is 38.8 Å². The van der Waals surface area contributed by atoms with Crippen LogP contribution in [0.3, 0.4) is 0 Å². The number of hydrogen-bond donors (Lipinski definition) is 1. The van der Waals surface area contributed by atoms with Crippen LogP contribution in [-0.2, 0) is 5.41 Å². The summed E-state index contributed by atoms with van der Waals surface area (Å²) in [4.78, 5) is 14.3. The Bertz CT molecular complexity index is 507. The van der Waals surface area contributed by atoms with Gasteiger partial charge in [-0.05, 0) is 43.4 Å². The summed E-state index contributed by atoms with van der Waals surface area (Å²) >= 11 is 0. The van der Waals surface area contributed by atoms with Gasteiger partial charge >= 0.3 is 6.03 Å². The second kappa shape index (κ2) is 7.80. The molecule has 0 unspecified atom stereocenters. The summed E-state index contributed by atoms with van der Waals surface area (Å²) in [5.74, 6) is 0.248. The highest BCUT2D eigenvalue weighted by Crippen LogP contribution is 2.40. The minimum atomic E-state index is -0.208. The van der Waals surface area contributed by atoms with Crippen LogP contribution in [-0.4, -0.2) is 30.6 Å². The van der Waals surface area contributed by atoms with E-state index in [4.69, 9.17) is 0 Å². The van der Waals surface area contributed by atoms with E-state index in [1.54, 1.807) is 0 Å². The van der Waals surface area contributed by atoms with E-state index in [-0.39, 0.29) is 17.3 Å². The second-order valence-electron chi connectivity index (χ2n) is 7.09.